The summed E-state index contributed by atoms with van der Waals surface area (Å²) in [5.74, 6) is -1.01. The van der Waals surface area contributed by atoms with Crippen LogP contribution in [0.1, 0.15) is 11.1 Å². The van der Waals surface area contributed by atoms with Gasteiger partial charge in [0.1, 0.15) is 18.2 Å². The molecule has 0 saturated carbocycles. The van der Waals surface area contributed by atoms with E-state index in [-0.39, 0.29) is 24.2 Å². The van der Waals surface area contributed by atoms with Crippen molar-refractivity contribution in [3.05, 3.63) is 75.7 Å². The number of nitrogens with zero attached hydrogens (tertiary/aromatic N) is 3. The lowest BCUT2D eigenvalue weighted by Crippen LogP contribution is -2.52. The highest BCUT2D eigenvalue weighted by atomic mass is 19.1. The van der Waals surface area contributed by atoms with E-state index in [9.17, 15) is 13.6 Å². The average molecular weight is 441 g/mol. The molecule has 3 heterocycles. The molecule has 0 amide bonds. The number of anilines is 1. The monoisotopic (exact) mass is 441 g/mol. The maximum absolute atomic E-state index is 14.5. The van der Waals surface area contributed by atoms with Crippen molar-refractivity contribution in [2.75, 3.05) is 24.6 Å². The van der Waals surface area contributed by atoms with Gasteiger partial charge in [-0.3, -0.25) is 4.57 Å². The first-order valence-electron chi connectivity index (χ1n) is 10.3. The van der Waals surface area contributed by atoms with Crippen LogP contribution < -0.4 is 20.1 Å². The Morgan fingerprint density at radius 1 is 1.16 bits per heavy atom. The Kier molecular flexibility index (Phi) is 5.26. The molecule has 7 nitrogen and oxygen atoms in total. The number of hydrogen-bond acceptors (Lipinski definition) is 6. The Labute approximate surface area is 182 Å². The molecule has 0 unspecified atom stereocenters. The predicted molar refractivity (Wildman–Crippen MR) is 112 cm³/mol. The van der Waals surface area contributed by atoms with E-state index in [2.05, 4.69) is 4.98 Å². The molecular weight excluding hydrogens is 420 g/mol. The van der Waals surface area contributed by atoms with Gasteiger partial charge < -0.3 is 19.1 Å². The zero-order chi connectivity index (χ0) is 22.2. The number of aromatic nitrogens is 2. The Bertz CT molecular complexity index is 1210. The molecule has 9 heteroatoms. The van der Waals surface area contributed by atoms with Gasteiger partial charge in [-0.25, -0.2) is 13.6 Å². The minimum Gasteiger partial charge on any atom is -0.473 e. The Morgan fingerprint density at radius 2 is 1.97 bits per heavy atom. The molecule has 2 aliphatic rings. The molecule has 0 N–H and O–H groups in total. The first-order valence-corrected chi connectivity index (χ1v) is 10.3. The van der Waals surface area contributed by atoms with Crippen molar-refractivity contribution in [3.8, 4) is 17.4 Å². The van der Waals surface area contributed by atoms with Gasteiger partial charge in [0.2, 0.25) is 5.88 Å². The van der Waals surface area contributed by atoms with Crippen LogP contribution in [0.25, 0.3) is 0 Å². The predicted octanol–water partition coefficient (Wildman–Crippen LogP) is 3.42. The van der Waals surface area contributed by atoms with Gasteiger partial charge in [0.25, 0.3) is 0 Å². The van der Waals surface area contributed by atoms with Crippen LogP contribution in [0.2, 0.25) is 0 Å². The molecule has 32 heavy (non-hydrogen) atoms. The second-order valence-corrected chi connectivity index (χ2v) is 7.88. The second kappa shape index (κ2) is 8.23. The van der Waals surface area contributed by atoms with E-state index in [4.69, 9.17) is 14.2 Å². The number of halogens is 2. The second-order valence-electron chi connectivity index (χ2n) is 7.88. The van der Waals surface area contributed by atoms with E-state index < -0.39 is 23.1 Å². The summed E-state index contributed by atoms with van der Waals surface area (Å²) in [7, 11) is 0. The summed E-state index contributed by atoms with van der Waals surface area (Å²) < 4.78 is 47.3. The van der Waals surface area contributed by atoms with Crippen molar-refractivity contribution >= 4 is 5.82 Å². The highest BCUT2D eigenvalue weighted by Crippen LogP contribution is 2.30. The van der Waals surface area contributed by atoms with Crippen molar-refractivity contribution < 1.29 is 23.0 Å². The van der Waals surface area contributed by atoms with E-state index in [1.807, 2.05) is 17.9 Å². The fourth-order valence-electron chi connectivity index (χ4n) is 3.97. The molecule has 2 bridgehead atoms. The van der Waals surface area contributed by atoms with Crippen molar-refractivity contribution in [1.82, 2.24) is 9.55 Å². The standard InChI is InChI=1S/C23H21F2N3O4/c1-14-3-2-4-16(7-14)32-22-18(24)8-15(9-19(22)25)13-31-20-10-21-27-5-6-30-17(11-27)12-28(21)23(29)26-20/h2-4,7-10,17H,5-6,11-13H2,1H3/t17-/m1/s1. The van der Waals surface area contributed by atoms with Crippen LogP contribution in [0.4, 0.5) is 14.6 Å². The van der Waals surface area contributed by atoms with E-state index in [0.29, 0.717) is 37.8 Å². The molecule has 1 atom stereocenters. The van der Waals surface area contributed by atoms with Crippen LogP contribution >= 0.6 is 0 Å². The van der Waals surface area contributed by atoms with Crippen molar-refractivity contribution in [3.63, 3.8) is 0 Å². The van der Waals surface area contributed by atoms with Crippen LogP contribution in [0.5, 0.6) is 17.4 Å². The smallest absolute Gasteiger partial charge is 0.352 e. The van der Waals surface area contributed by atoms with Crippen LogP contribution in [0.3, 0.4) is 0 Å². The average Bonchev–Trinajstić information content (AvgIpc) is 2.76. The number of ether oxygens (including phenoxy) is 3. The molecule has 166 valence electrons. The summed E-state index contributed by atoms with van der Waals surface area (Å²) in [6.07, 6.45) is -0.0333. The SMILES string of the molecule is Cc1cccc(Oc2c(F)cc(COc3cc4n(c(=O)n3)C[C@H]3CN4CCO3)cc2F)c1. The van der Waals surface area contributed by atoms with E-state index in [1.54, 1.807) is 28.8 Å². The largest absolute Gasteiger partial charge is 0.473 e. The summed E-state index contributed by atoms with van der Waals surface area (Å²) in [5, 5.41) is 0. The van der Waals surface area contributed by atoms with Crippen LogP contribution in [0, 0.1) is 18.6 Å². The quantitative estimate of drug-likeness (QED) is 0.605. The highest BCUT2D eigenvalue weighted by molar-refractivity contribution is 5.45. The first kappa shape index (κ1) is 20.4. The number of hydrogen-bond donors (Lipinski definition) is 0. The van der Waals surface area contributed by atoms with E-state index >= 15 is 0 Å². The molecule has 0 aliphatic carbocycles. The van der Waals surface area contributed by atoms with Crippen LogP contribution in [0.15, 0.2) is 47.3 Å². The first-order chi connectivity index (χ1) is 15.5. The maximum atomic E-state index is 14.5. The lowest BCUT2D eigenvalue weighted by Gasteiger charge is -2.40. The van der Waals surface area contributed by atoms with Crippen molar-refractivity contribution in [2.24, 2.45) is 0 Å². The topological polar surface area (TPSA) is 65.8 Å². The summed E-state index contributed by atoms with van der Waals surface area (Å²) in [6.45, 7) is 4.10. The molecule has 5 rings (SSSR count). The van der Waals surface area contributed by atoms with Gasteiger partial charge >= 0.3 is 5.69 Å². The van der Waals surface area contributed by atoms with Gasteiger partial charge in [-0.1, -0.05) is 12.1 Å². The summed E-state index contributed by atoms with van der Waals surface area (Å²) in [4.78, 5) is 18.4. The van der Waals surface area contributed by atoms with Gasteiger partial charge in [-0.2, -0.15) is 4.98 Å². The van der Waals surface area contributed by atoms with Crippen molar-refractivity contribution in [1.29, 1.82) is 0 Å². The fraction of sp³-hybridized carbons (Fsp3) is 0.304. The Balaban J connectivity index is 1.33. The van der Waals surface area contributed by atoms with Gasteiger partial charge in [0, 0.05) is 19.2 Å². The minimum atomic E-state index is -0.845. The zero-order valence-corrected chi connectivity index (χ0v) is 17.4. The van der Waals surface area contributed by atoms with Crippen LogP contribution in [-0.4, -0.2) is 35.4 Å². The van der Waals surface area contributed by atoms with Gasteiger partial charge in [-0.05, 0) is 42.3 Å². The summed E-state index contributed by atoms with van der Waals surface area (Å²) >= 11 is 0. The fourth-order valence-corrected chi connectivity index (χ4v) is 3.97. The zero-order valence-electron chi connectivity index (χ0n) is 17.4. The summed E-state index contributed by atoms with van der Waals surface area (Å²) in [5.41, 5.74) is 0.717. The van der Waals surface area contributed by atoms with Crippen molar-refractivity contribution in [2.45, 2.75) is 26.2 Å². The molecule has 1 fully saturated rings. The molecule has 0 radical (unpaired) electrons. The van der Waals surface area contributed by atoms with Crippen LogP contribution in [-0.2, 0) is 17.9 Å². The molecule has 2 aliphatic heterocycles. The molecule has 2 aromatic carbocycles. The van der Waals surface area contributed by atoms with Gasteiger partial charge in [0.05, 0.1) is 19.3 Å². The number of aryl methyl sites for hydroxylation is 1. The normalized spacial score (nSPS) is 17.1. The van der Waals surface area contributed by atoms with E-state index in [0.717, 1.165) is 17.7 Å². The maximum Gasteiger partial charge on any atom is 0.352 e. The van der Waals surface area contributed by atoms with Gasteiger partial charge in [-0.15, -0.1) is 0 Å². The third kappa shape index (κ3) is 4.03. The lowest BCUT2D eigenvalue weighted by atomic mass is 10.2. The molecular formula is C23H21F2N3O4. The number of fused-ring (bicyclic) bond motifs is 4. The van der Waals surface area contributed by atoms with E-state index in [1.165, 1.54) is 0 Å². The van der Waals surface area contributed by atoms with Gasteiger partial charge in [0.15, 0.2) is 17.4 Å². The third-order valence-electron chi connectivity index (χ3n) is 5.47. The number of morpholine rings is 1. The molecule has 0 spiro atoms. The Hall–Kier alpha value is -3.46. The molecule has 1 saturated heterocycles. The lowest BCUT2D eigenvalue weighted by molar-refractivity contribution is 0.0195. The molecule has 1 aromatic heterocycles. The minimum absolute atomic E-state index is 0.0333. The molecule has 3 aromatic rings. The Morgan fingerprint density at radius 3 is 2.75 bits per heavy atom. The summed E-state index contributed by atoms with van der Waals surface area (Å²) in [6, 6.07) is 10.9. The third-order valence-corrected chi connectivity index (χ3v) is 5.47. The number of rotatable bonds is 5. The number of benzene rings is 2. The highest BCUT2D eigenvalue weighted by Gasteiger charge is 2.30.